The highest BCUT2D eigenvalue weighted by atomic mass is 19.4. The topological polar surface area (TPSA) is 222 Å². The van der Waals surface area contributed by atoms with Crippen LogP contribution in [0.25, 0.3) is 11.1 Å². The first-order chi connectivity index (χ1) is 39.6. The summed E-state index contributed by atoms with van der Waals surface area (Å²) in [4.78, 5) is 75.8. The minimum Gasteiger partial charge on any atom is -0.453 e. The number of carbonyl (C=O) groups excluding carboxylic acids is 5. The van der Waals surface area contributed by atoms with Crippen LogP contribution in [0.1, 0.15) is 70.3 Å². The minimum atomic E-state index is -5.24. The maximum absolute atomic E-state index is 16.1. The molecule has 0 radical (unpaired) electrons. The second-order valence-electron chi connectivity index (χ2n) is 23.0. The number of nitrogens with one attached hydrogen (secondary N) is 4. The van der Waals surface area contributed by atoms with E-state index in [0.717, 1.165) is 26.6 Å². The Bertz CT molecular complexity index is 3120. The number of fused-ring (bicyclic) bond motifs is 2. The maximum atomic E-state index is 16.1. The van der Waals surface area contributed by atoms with Crippen molar-refractivity contribution in [3.05, 3.63) is 101 Å². The van der Waals surface area contributed by atoms with Crippen LogP contribution in [-0.4, -0.2) is 162 Å². The first-order valence-corrected chi connectivity index (χ1v) is 26.4. The molecule has 462 valence electrons. The molecular formula is C56H64F10N10O9. The molecule has 5 N–H and O–H groups in total. The molecule has 3 fully saturated rings. The highest BCUT2D eigenvalue weighted by molar-refractivity contribution is 5.93. The summed E-state index contributed by atoms with van der Waals surface area (Å²) in [5, 5.41) is 21.9. The number of hydrogen-bond donors (Lipinski definition) is 5. The van der Waals surface area contributed by atoms with Gasteiger partial charge in [-0.25, -0.2) is 33.0 Å². The number of hydrogen-bond acceptors (Lipinski definition) is 14. The number of ether oxygens (including phenoxy) is 3. The predicted octanol–water partition coefficient (Wildman–Crippen LogP) is 6.68. The van der Waals surface area contributed by atoms with Gasteiger partial charge in [-0.05, 0) is 95.5 Å². The lowest BCUT2D eigenvalue weighted by molar-refractivity contribution is -0.221. The number of rotatable bonds is 19. The Labute approximate surface area is 482 Å². The lowest BCUT2D eigenvalue weighted by atomic mass is 9.64. The summed E-state index contributed by atoms with van der Waals surface area (Å²) in [7, 11) is 1.59. The van der Waals surface area contributed by atoms with Crippen molar-refractivity contribution in [3.63, 3.8) is 0 Å². The largest absolute Gasteiger partial charge is 0.453 e. The molecular weight excluding hydrogens is 1150 g/mol. The summed E-state index contributed by atoms with van der Waals surface area (Å²) >= 11 is 0. The quantitative estimate of drug-likeness (QED) is 0.0376. The average Bonchev–Trinajstić information content (AvgIpc) is 1.30. The number of piperidine rings is 2. The summed E-state index contributed by atoms with van der Waals surface area (Å²) in [5.74, 6) is 0.776. The van der Waals surface area contributed by atoms with Crippen molar-refractivity contribution in [3.8, 4) is 23.0 Å². The van der Waals surface area contributed by atoms with Crippen LogP contribution in [0.15, 0.2) is 67.1 Å². The smallest absolute Gasteiger partial charge is 0.407 e. The number of alkyl halides is 8. The third-order valence-electron chi connectivity index (χ3n) is 15.7. The van der Waals surface area contributed by atoms with E-state index in [4.69, 9.17) is 4.74 Å². The first-order valence-electron chi connectivity index (χ1n) is 26.4. The Kier molecular flexibility index (Phi) is 19.3. The Balaban J connectivity index is 1.18. The molecule has 2 aromatic heterocycles. The van der Waals surface area contributed by atoms with Gasteiger partial charge in [0.2, 0.25) is 5.91 Å². The highest BCUT2D eigenvalue weighted by Crippen LogP contribution is 2.45. The molecule has 0 saturated carbocycles. The number of aliphatic hydroxyl groups is 1. The number of methoxy groups -OCH3 is 2. The fourth-order valence-corrected chi connectivity index (χ4v) is 10.4. The van der Waals surface area contributed by atoms with Crippen molar-refractivity contribution < 1.29 is 87.2 Å². The molecule has 5 heterocycles. The summed E-state index contributed by atoms with van der Waals surface area (Å²) in [6.07, 6.45) is -12.9. The molecule has 3 unspecified atom stereocenters. The molecule has 4 amide bonds. The number of nitrogens with zero attached hydrogens (tertiary/aromatic N) is 6. The van der Waals surface area contributed by atoms with Crippen molar-refractivity contribution in [1.29, 1.82) is 0 Å². The second kappa shape index (κ2) is 25.2. The predicted molar refractivity (Wildman–Crippen MR) is 284 cm³/mol. The van der Waals surface area contributed by atoms with Gasteiger partial charge < -0.3 is 40.2 Å². The summed E-state index contributed by atoms with van der Waals surface area (Å²) in [6.45, 7) is 4.14. The number of ketones is 1. The van der Waals surface area contributed by atoms with Crippen LogP contribution in [0.4, 0.5) is 59.3 Å². The van der Waals surface area contributed by atoms with E-state index in [9.17, 15) is 64.2 Å². The van der Waals surface area contributed by atoms with E-state index >= 15 is 8.78 Å². The third kappa shape index (κ3) is 14.6. The van der Waals surface area contributed by atoms with Gasteiger partial charge in [0, 0.05) is 73.9 Å². The van der Waals surface area contributed by atoms with Gasteiger partial charge in [0.15, 0.2) is 5.78 Å². The number of alkyl carbamates (subject to hydrolysis) is 2. The number of likely N-dealkylation sites (tertiary alicyclic amines) is 1. The molecule has 3 aliphatic heterocycles. The Hall–Kier alpha value is -7.55. The molecule has 6 atom stereocenters. The fourth-order valence-electron chi connectivity index (χ4n) is 10.4. The van der Waals surface area contributed by atoms with E-state index in [0.29, 0.717) is 101 Å². The number of Topliss-reactive ketones (excluding diaryl/α,β-unsaturated/α-hetero) is 1. The molecule has 85 heavy (non-hydrogen) atoms. The van der Waals surface area contributed by atoms with Gasteiger partial charge in [0.05, 0.1) is 73.5 Å². The first kappa shape index (κ1) is 65.0. The van der Waals surface area contributed by atoms with Crippen LogP contribution in [0, 0.1) is 45.1 Å². The Morgan fingerprint density at radius 1 is 0.776 bits per heavy atom. The molecule has 29 heteroatoms. The van der Waals surface area contributed by atoms with Crippen LogP contribution in [0.5, 0.6) is 0 Å². The van der Waals surface area contributed by atoms with Gasteiger partial charge in [0.1, 0.15) is 29.5 Å². The number of carbonyl (C=O) groups is 5. The number of amides is 4. The van der Waals surface area contributed by atoms with E-state index in [1.54, 1.807) is 23.6 Å². The van der Waals surface area contributed by atoms with E-state index in [1.807, 2.05) is 24.6 Å². The summed E-state index contributed by atoms with van der Waals surface area (Å²) < 4.78 is 161. The van der Waals surface area contributed by atoms with Gasteiger partial charge in [-0.1, -0.05) is 24.0 Å². The minimum absolute atomic E-state index is 0.182. The normalized spacial score (nSPS) is 20.1. The van der Waals surface area contributed by atoms with Crippen molar-refractivity contribution in [2.75, 3.05) is 65.1 Å². The zero-order valence-electron chi connectivity index (χ0n) is 47.4. The van der Waals surface area contributed by atoms with E-state index in [1.165, 1.54) is 24.3 Å². The number of halogens is 10. The zero-order chi connectivity index (χ0) is 62.8. The van der Waals surface area contributed by atoms with Crippen LogP contribution in [0.3, 0.4) is 0 Å². The fraction of sp³-hybridized carbons (Fsp3) is 0.518. The highest BCUT2D eigenvalue weighted by Gasteiger charge is 2.59. The zero-order valence-corrected chi connectivity index (χ0v) is 47.4. The number of anilines is 1. The molecule has 4 aromatic rings. The summed E-state index contributed by atoms with van der Waals surface area (Å²) in [6, 6.07) is 4.33. The molecule has 3 saturated heterocycles. The monoisotopic (exact) mass is 1210 g/mol. The van der Waals surface area contributed by atoms with Crippen LogP contribution in [0.2, 0.25) is 0 Å². The van der Waals surface area contributed by atoms with Gasteiger partial charge in [0.25, 0.3) is 5.91 Å². The lowest BCUT2D eigenvalue weighted by Gasteiger charge is -2.57. The van der Waals surface area contributed by atoms with Gasteiger partial charge in [-0.15, -0.1) is 0 Å². The van der Waals surface area contributed by atoms with Crippen molar-refractivity contribution in [2.24, 2.45) is 21.7 Å². The standard InChI is InChI=1S/C56H64F10N10O9/c1-51(2,55(61,62)63)43(70-49(81)83-7)45(78)69-40(17-32-12-9-31(10-13-32)11-14-33-15-16-42(67-20-33)74-29-53(5)27-73(36-25-85-26-36)28-54(6,30-74)47(53)80)41(77)24-75(72-46(79)44(71-50(82)84-8)52(3,4)56(64,65)66)23-37-38(57)18-34(19-39(37)58)35-21-68-76(22-35)48(59)60/h9-10,12-13,15-16,18-22,36,40-41,43-44,48,77H,17,23-30H2,1-8H3,(H,69,78)(H,70,81)(H,71,82)(H,72,79)/t40-,41-,43?,44+,53?,54?/m0/s1. The van der Waals surface area contributed by atoms with Gasteiger partial charge in [-0.2, -0.15) is 40.2 Å². The Morgan fingerprint density at radius 3 is 1.78 bits per heavy atom. The SMILES string of the molecule is COC(=O)NC(C(=O)N[C@@H](Cc1ccc(C#Cc2ccc(N3CC4(C)CN(C5COC5)CC(C)(C3)C4=O)nc2)cc1)[C@@H](O)CN(Cc1c(F)cc(-c2cnn(C(F)F)c2)cc1F)NC(=O)[C@@H](NC(=O)OC)C(C)(C)C(F)(F)F)C(C)(C)C(F)(F)F. The molecule has 0 aliphatic carbocycles. The van der Waals surface area contributed by atoms with Gasteiger partial charge in [-0.3, -0.25) is 24.7 Å². The van der Waals surface area contributed by atoms with E-state index in [2.05, 4.69) is 46.5 Å². The van der Waals surface area contributed by atoms with Crippen molar-refractivity contribution >= 4 is 35.6 Å². The molecule has 7 rings (SSSR count). The van der Waals surface area contributed by atoms with Crippen LogP contribution >= 0.6 is 0 Å². The Morgan fingerprint density at radius 2 is 1.31 bits per heavy atom. The lowest BCUT2D eigenvalue weighted by Crippen LogP contribution is -2.71. The molecule has 2 aromatic carbocycles. The number of benzene rings is 2. The van der Waals surface area contributed by atoms with Crippen LogP contribution < -0.4 is 26.3 Å². The number of pyridine rings is 1. The molecule has 3 aliphatic rings. The maximum Gasteiger partial charge on any atom is 0.407 e. The number of aliphatic hydroxyl groups excluding tert-OH is 1. The van der Waals surface area contributed by atoms with Crippen molar-refractivity contribution in [2.45, 2.75) is 104 Å². The van der Waals surface area contributed by atoms with Gasteiger partial charge >= 0.3 is 31.1 Å². The summed E-state index contributed by atoms with van der Waals surface area (Å²) in [5.41, 5.74) is -5.68. The molecule has 19 nitrogen and oxygen atoms in total. The third-order valence-corrected chi connectivity index (χ3v) is 15.7. The van der Waals surface area contributed by atoms with E-state index in [-0.39, 0.29) is 33.2 Å². The van der Waals surface area contributed by atoms with E-state index < -0.39 is 126 Å². The second-order valence-corrected chi connectivity index (χ2v) is 23.0. The number of hydrazine groups is 1. The number of aromatic nitrogens is 3. The molecule has 2 bridgehead atoms. The molecule has 0 spiro atoms. The van der Waals surface area contributed by atoms with Crippen molar-refractivity contribution in [1.82, 2.24) is 46.0 Å². The average molecular weight is 1210 g/mol. The van der Waals surface area contributed by atoms with Crippen LogP contribution in [-0.2, 0) is 41.6 Å².